The van der Waals surface area contributed by atoms with Crippen molar-refractivity contribution in [3.8, 4) is 5.88 Å². The maximum Gasteiger partial charge on any atom is 0.422 e. The molecule has 2 rings (SSSR count). The number of thiophene rings is 1. The van der Waals surface area contributed by atoms with E-state index in [1.54, 1.807) is 11.3 Å². The largest absolute Gasteiger partial charge is 0.468 e. The van der Waals surface area contributed by atoms with Gasteiger partial charge in [0.2, 0.25) is 5.88 Å². The Morgan fingerprint density at radius 2 is 2.14 bits per heavy atom. The summed E-state index contributed by atoms with van der Waals surface area (Å²) < 4.78 is 40.5. The third kappa shape index (κ3) is 5.86. The lowest BCUT2D eigenvalue weighted by Gasteiger charge is -2.11. The summed E-state index contributed by atoms with van der Waals surface area (Å²) in [6, 6.07) is 6.81. The van der Waals surface area contributed by atoms with Crippen molar-refractivity contribution in [2.45, 2.75) is 12.7 Å². The first-order valence-electron chi connectivity index (χ1n) is 6.15. The van der Waals surface area contributed by atoms with Gasteiger partial charge in [-0.3, -0.25) is 0 Å². The van der Waals surface area contributed by atoms with E-state index < -0.39 is 12.8 Å². The van der Waals surface area contributed by atoms with E-state index in [-0.39, 0.29) is 5.88 Å². The SMILES string of the molecule is FC(F)(F)COc1ccc(NC(=S)NCc2cccs2)cn1. The molecule has 0 atom stereocenters. The van der Waals surface area contributed by atoms with Gasteiger partial charge in [0.15, 0.2) is 11.7 Å². The summed E-state index contributed by atoms with van der Waals surface area (Å²) >= 11 is 6.73. The first kappa shape index (κ1) is 16.5. The lowest BCUT2D eigenvalue weighted by atomic mass is 10.4. The predicted molar refractivity (Wildman–Crippen MR) is 83.2 cm³/mol. The van der Waals surface area contributed by atoms with E-state index in [4.69, 9.17) is 12.2 Å². The van der Waals surface area contributed by atoms with E-state index in [0.717, 1.165) is 4.88 Å². The van der Waals surface area contributed by atoms with Gasteiger partial charge in [-0.05, 0) is 29.7 Å². The maximum atomic E-state index is 12.0. The van der Waals surface area contributed by atoms with Crippen LogP contribution in [0, 0.1) is 0 Å². The molecular formula is C13H12F3N3OS2. The molecule has 22 heavy (non-hydrogen) atoms. The number of pyridine rings is 1. The van der Waals surface area contributed by atoms with Crippen molar-refractivity contribution < 1.29 is 17.9 Å². The van der Waals surface area contributed by atoms with Crippen LogP contribution >= 0.6 is 23.6 Å². The van der Waals surface area contributed by atoms with Gasteiger partial charge in [0, 0.05) is 10.9 Å². The molecule has 118 valence electrons. The van der Waals surface area contributed by atoms with Crippen molar-refractivity contribution >= 4 is 34.4 Å². The molecule has 2 heterocycles. The van der Waals surface area contributed by atoms with Crippen LogP contribution < -0.4 is 15.4 Å². The van der Waals surface area contributed by atoms with E-state index in [0.29, 0.717) is 17.3 Å². The Kier molecular flexibility index (Phi) is 5.56. The van der Waals surface area contributed by atoms with Crippen LogP contribution in [0.3, 0.4) is 0 Å². The van der Waals surface area contributed by atoms with Gasteiger partial charge < -0.3 is 15.4 Å². The van der Waals surface area contributed by atoms with Crippen LogP contribution in [0.15, 0.2) is 35.8 Å². The smallest absolute Gasteiger partial charge is 0.422 e. The molecule has 0 aliphatic rings. The zero-order valence-corrected chi connectivity index (χ0v) is 12.8. The van der Waals surface area contributed by atoms with Gasteiger partial charge in [0.25, 0.3) is 0 Å². The Morgan fingerprint density at radius 1 is 1.32 bits per heavy atom. The molecule has 0 amide bonds. The summed E-state index contributed by atoms with van der Waals surface area (Å²) in [5.74, 6) is -0.0969. The first-order valence-corrected chi connectivity index (χ1v) is 7.44. The van der Waals surface area contributed by atoms with Crippen molar-refractivity contribution in [1.82, 2.24) is 10.3 Å². The summed E-state index contributed by atoms with van der Waals surface area (Å²) in [5, 5.41) is 8.28. The number of nitrogens with one attached hydrogen (secondary N) is 2. The standard InChI is InChI=1S/C13H12F3N3OS2/c14-13(15,16)8-20-11-4-3-9(6-17-11)19-12(21)18-7-10-2-1-5-22-10/h1-6H,7-8H2,(H2,18,19,21). The average molecular weight is 347 g/mol. The van der Waals surface area contributed by atoms with Crippen molar-refractivity contribution in [3.05, 3.63) is 40.7 Å². The molecular weight excluding hydrogens is 335 g/mol. The molecule has 0 fully saturated rings. The highest BCUT2D eigenvalue weighted by Crippen LogP contribution is 2.18. The molecule has 0 aliphatic carbocycles. The Morgan fingerprint density at radius 3 is 2.73 bits per heavy atom. The van der Waals surface area contributed by atoms with Crippen LogP contribution in [0.25, 0.3) is 0 Å². The first-order chi connectivity index (χ1) is 10.4. The van der Waals surface area contributed by atoms with Crippen molar-refractivity contribution in [3.63, 3.8) is 0 Å². The van der Waals surface area contributed by atoms with E-state index in [1.807, 2.05) is 17.5 Å². The molecule has 0 saturated heterocycles. The monoisotopic (exact) mass is 347 g/mol. The molecule has 2 aromatic rings. The third-order valence-corrected chi connectivity index (χ3v) is 3.50. The Bertz CT molecular complexity index is 600. The Balaban J connectivity index is 1.79. The predicted octanol–water partition coefficient (Wildman–Crippen LogP) is 3.57. The molecule has 0 bridgehead atoms. The van der Waals surface area contributed by atoms with E-state index in [9.17, 15) is 13.2 Å². The Hall–Kier alpha value is -1.87. The summed E-state index contributed by atoms with van der Waals surface area (Å²) in [5.41, 5.74) is 0.558. The number of thiocarbonyl (C=S) groups is 1. The molecule has 2 N–H and O–H groups in total. The van der Waals surface area contributed by atoms with Crippen LogP contribution in [-0.4, -0.2) is 22.9 Å². The topological polar surface area (TPSA) is 46.2 Å². The number of ether oxygens (including phenoxy) is 1. The second kappa shape index (κ2) is 7.41. The molecule has 0 radical (unpaired) electrons. The van der Waals surface area contributed by atoms with Crippen molar-refractivity contribution in [1.29, 1.82) is 0 Å². The number of nitrogens with zero attached hydrogens (tertiary/aromatic N) is 1. The quantitative estimate of drug-likeness (QED) is 0.810. The molecule has 0 unspecified atom stereocenters. The fourth-order valence-electron chi connectivity index (χ4n) is 1.45. The van der Waals surface area contributed by atoms with Gasteiger partial charge in [-0.2, -0.15) is 13.2 Å². The average Bonchev–Trinajstić information content (AvgIpc) is 2.97. The maximum absolute atomic E-state index is 12.0. The highest BCUT2D eigenvalue weighted by molar-refractivity contribution is 7.80. The van der Waals surface area contributed by atoms with Gasteiger partial charge >= 0.3 is 6.18 Å². The van der Waals surface area contributed by atoms with Crippen LogP contribution in [0.5, 0.6) is 5.88 Å². The zero-order chi connectivity index (χ0) is 16.0. The minimum atomic E-state index is -4.38. The zero-order valence-electron chi connectivity index (χ0n) is 11.2. The lowest BCUT2D eigenvalue weighted by molar-refractivity contribution is -0.154. The number of halogens is 3. The third-order valence-electron chi connectivity index (χ3n) is 2.38. The van der Waals surface area contributed by atoms with Crippen LogP contribution in [0.1, 0.15) is 4.88 Å². The lowest BCUT2D eigenvalue weighted by Crippen LogP contribution is -2.27. The summed E-state index contributed by atoms with van der Waals surface area (Å²) in [7, 11) is 0. The normalized spacial score (nSPS) is 11.0. The summed E-state index contributed by atoms with van der Waals surface area (Å²) in [6.07, 6.45) is -3.03. The second-order valence-electron chi connectivity index (χ2n) is 4.18. The molecule has 4 nitrogen and oxygen atoms in total. The highest BCUT2D eigenvalue weighted by atomic mass is 32.1. The molecule has 0 aliphatic heterocycles. The van der Waals surface area contributed by atoms with E-state index in [2.05, 4.69) is 20.4 Å². The fourth-order valence-corrected chi connectivity index (χ4v) is 2.29. The van der Waals surface area contributed by atoms with Gasteiger partial charge in [0.05, 0.1) is 18.4 Å². The number of aromatic nitrogens is 1. The molecule has 0 saturated carbocycles. The number of anilines is 1. The number of alkyl halides is 3. The summed E-state index contributed by atoms with van der Waals surface area (Å²) in [6.45, 7) is -0.767. The number of hydrogen-bond donors (Lipinski definition) is 2. The Labute approximate surface area is 134 Å². The second-order valence-corrected chi connectivity index (χ2v) is 5.62. The van der Waals surface area contributed by atoms with Gasteiger partial charge in [-0.1, -0.05) is 6.07 Å². The van der Waals surface area contributed by atoms with Gasteiger partial charge in [0.1, 0.15) is 0 Å². The van der Waals surface area contributed by atoms with Crippen molar-refractivity contribution in [2.24, 2.45) is 0 Å². The highest BCUT2D eigenvalue weighted by Gasteiger charge is 2.28. The molecule has 9 heteroatoms. The molecule has 0 aromatic carbocycles. The number of rotatable bonds is 5. The van der Waals surface area contributed by atoms with Crippen molar-refractivity contribution in [2.75, 3.05) is 11.9 Å². The fraction of sp³-hybridized carbons (Fsp3) is 0.231. The summed E-state index contributed by atoms with van der Waals surface area (Å²) in [4.78, 5) is 4.91. The minimum absolute atomic E-state index is 0.0969. The van der Waals surface area contributed by atoms with Crippen LogP contribution in [0.4, 0.5) is 18.9 Å². The molecule has 2 aromatic heterocycles. The van der Waals surface area contributed by atoms with Gasteiger partial charge in [-0.25, -0.2) is 4.98 Å². The number of hydrogen-bond acceptors (Lipinski definition) is 4. The van der Waals surface area contributed by atoms with Crippen LogP contribution in [0.2, 0.25) is 0 Å². The van der Waals surface area contributed by atoms with E-state index >= 15 is 0 Å². The van der Waals surface area contributed by atoms with Gasteiger partial charge in [-0.15, -0.1) is 11.3 Å². The molecule has 0 spiro atoms. The minimum Gasteiger partial charge on any atom is -0.468 e. The van der Waals surface area contributed by atoms with E-state index in [1.165, 1.54) is 18.3 Å². The van der Waals surface area contributed by atoms with Crippen LogP contribution in [-0.2, 0) is 6.54 Å².